The van der Waals surface area contributed by atoms with Crippen molar-refractivity contribution in [3.05, 3.63) is 41.2 Å². The van der Waals surface area contributed by atoms with E-state index in [4.69, 9.17) is 0 Å². The number of nitrogens with zero attached hydrogens (tertiary/aromatic N) is 5. The summed E-state index contributed by atoms with van der Waals surface area (Å²) in [5.41, 5.74) is 3.54. The summed E-state index contributed by atoms with van der Waals surface area (Å²) < 4.78 is 1.95. The van der Waals surface area contributed by atoms with Gasteiger partial charge >= 0.3 is 0 Å². The van der Waals surface area contributed by atoms with Gasteiger partial charge in [0.15, 0.2) is 0 Å². The molecule has 1 aliphatic heterocycles. The van der Waals surface area contributed by atoms with Crippen molar-refractivity contribution in [3.63, 3.8) is 0 Å². The molecule has 0 spiro atoms. The third kappa shape index (κ3) is 3.18. The van der Waals surface area contributed by atoms with Crippen molar-refractivity contribution in [3.8, 4) is 0 Å². The summed E-state index contributed by atoms with van der Waals surface area (Å²) in [7, 11) is 0. The molecule has 2 aromatic heterocycles. The van der Waals surface area contributed by atoms with E-state index in [2.05, 4.69) is 22.0 Å². The molecule has 2 aromatic rings. The van der Waals surface area contributed by atoms with Gasteiger partial charge in [-0.3, -0.25) is 19.4 Å². The highest BCUT2D eigenvalue weighted by Gasteiger charge is 2.29. The number of hydrogen-bond donors (Lipinski definition) is 0. The van der Waals surface area contributed by atoms with Gasteiger partial charge in [0.2, 0.25) is 0 Å². The van der Waals surface area contributed by atoms with E-state index in [0.717, 1.165) is 55.0 Å². The minimum Gasteiger partial charge on any atom is -0.338 e. The van der Waals surface area contributed by atoms with Gasteiger partial charge in [-0.1, -0.05) is 6.92 Å². The van der Waals surface area contributed by atoms with Crippen molar-refractivity contribution in [2.75, 3.05) is 13.1 Å². The number of likely N-dealkylation sites (tertiary alicyclic amines) is 1. The van der Waals surface area contributed by atoms with Crippen LogP contribution in [0.4, 0.5) is 0 Å². The number of aromatic nitrogens is 4. The first kappa shape index (κ1) is 16.6. The second-order valence-corrected chi connectivity index (χ2v) is 6.49. The molecule has 1 amide bonds. The summed E-state index contributed by atoms with van der Waals surface area (Å²) in [5.74, 6) is 0.364. The highest BCUT2D eigenvalue weighted by atomic mass is 16.2. The van der Waals surface area contributed by atoms with E-state index in [1.54, 1.807) is 12.4 Å². The van der Waals surface area contributed by atoms with Gasteiger partial charge in [0.05, 0.1) is 17.0 Å². The molecule has 0 radical (unpaired) electrons. The summed E-state index contributed by atoms with van der Waals surface area (Å²) in [6.07, 6.45) is 8.27. The van der Waals surface area contributed by atoms with Crippen LogP contribution in [-0.4, -0.2) is 43.6 Å². The lowest BCUT2D eigenvalue weighted by Crippen LogP contribution is -2.39. The SMILES string of the molecule is CCCn1nc(C)c(C(=O)N2CCCC(c3cnccn3)C2)c1C. The molecule has 0 aliphatic carbocycles. The largest absolute Gasteiger partial charge is 0.338 e. The van der Waals surface area contributed by atoms with Crippen molar-refractivity contribution in [1.82, 2.24) is 24.6 Å². The van der Waals surface area contributed by atoms with Crippen LogP contribution in [-0.2, 0) is 6.54 Å². The maximum Gasteiger partial charge on any atom is 0.257 e. The minimum atomic E-state index is 0.0981. The summed E-state index contributed by atoms with van der Waals surface area (Å²) >= 11 is 0. The number of rotatable bonds is 4. The van der Waals surface area contributed by atoms with Crippen molar-refractivity contribution in [1.29, 1.82) is 0 Å². The standard InChI is InChI=1S/C18H25N5O/c1-4-9-23-14(3)17(13(2)21-23)18(24)22-10-5-6-15(12-22)16-11-19-7-8-20-16/h7-8,11,15H,4-6,9-10,12H2,1-3H3. The van der Waals surface area contributed by atoms with E-state index in [9.17, 15) is 4.79 Å². The van der Waals surface area contributed by atoms with Gasteiger partial charge < -0.3 is 4.90 Å². The van der Waals surface area contributed by atoms with Crippen LogP contribution in [0.15, 0.2) is 18.6 Å². The van der Waals surface area contributed by atoms with Gasteiger partial charge in [-0.05, 0) is 33.1 Å². The normalized spacial score (nSPS) is 18.0. The summed E-state index contributed by atoms with van der Waals surface area (Å²) in [5, 5.41) is 4.54. The second-order valence-electron chi connectivity index (χ2n) is 6.49. The average Bonchev–Trinajstić information content (AvgIpc) is 2.89. The zero-order chi connectivity index (χ0) is 17.1. The Morgan fingerprint density at radius 3 is 2.88 bits per heavy atom. The Bertz CT molecular complexity index is 710. The van der Waals surface area contributed by atoms with Crippen molar-refractivity contribution in [2.45, 2.75) is 52.5 Å². The zero-order valence-electron chi connectivity index (χ0n) is 14.7. The van der Waals surface area contributed by atoms with E-state index in [1.807, 2.05) is 29.6 Å². The predicted octanol–water partition coefficient (Wildman–Crippen LogP) is 2.72. The summed E-state index contributed by atoms with van der Waals surface area (Å²) in [6, 6.07) is 0. The molecule has 1 aliphatic rings. The van der Waals surface area contributed by atoms with Crippen molar-refractivity contribution >= 4 is 5.91 Å². The fraction of sp³-hybridized carbons (Fsp3) is 0.556. The Balaban J connectivity index is 1.80. The predicted molar refractivity (Wildman–Crippen MR) is 91.9 cm³/mol. The van der Waals surface area contributed by atoms with Crippen LogP contribution in [0.1, 0.15) is 59.5 Å². The first-order valence-electron chi connectivity index (χ1n) is 8.71. The maximum atomic E-state index is 13.1. The van der Waals surface area contributed by atoms with Crippen LogP contribution >= 0.6 is 0 Å². The zero-order valence-corrected chi connectivity index (χ0v) is 14.7. The van der Waals surface area contributed by atoms with Crippen LogP contribution in [0, 0.1) is 13.8 Å². The van der Waals surface area contributed by atoms with Crippen molar-refractivity contribution < 1.29 is 4.79 Å². The molecule has 3 heterocycles. The molecule has 6 heteroatoms. The minimum absolute atomic E-state index is 0.0981. The molecule has 3 rings (SSSR count). The highest BCUT2D eigenvalue weighted by Crippen LogP contribution is 2.27. The van der Waals surface area contributed by atoms with Crippen LogP contribution in [0.25, 0.3) is 0 Å². The number of aryl methyl sites for hydroxylation is 2. The smallest absolute Gasteiger partial charge is 0.257 e. The van der Waals surface area contributed by atoms with E-state index < -0.39 is 0 Å². The monoisotopic (exact) mass is 327 g/mol. The first-order valence-corrected chi connectivity index (χ1v) is 8.71. The Hall–Kier alpha value is -2.24. The fourth-order valence-electron chi connectivity index (χ4n) is 3.52. The average molecular weight is 327 g/mol. The molecule has 0 bridgehead atoms. The summed E-state index contributed by atoms with van der Waals surface area (Å²) in [6.45, 7) is 8.39. The van der Waals surface area contributed by atoms with Gasteiger partial charge in [-0.15, -0.1) is 0 Å². The van der Waals surface area contributed by atoms with Crippen LogP contribution in [0.5, 0.6) is 0 Å². The Morgan fingerprint density at radius 2 is 2.17 bits per heavy atom. The van der Waals surface area contributed by atoms with Crippen LogP contribution < -0.4 is 0 Å². The molecule has 24 heavy (non-hydrogen) atoms. The quantitative estimate of drug-likeness (QED) is 0.866. The molecular formula is C18H25N5O. The van der Waals surface area contributed by atoms with Crippen molar-refractivity contribution in [2.24, 2.45) is 0 Å². The molecule has 1 atom stereocenters. The molecule has 128 valence electrons. The lowest BCUT2D eigenvalue weighted by Gasteiger charge is -2.32. The molecular weight excluding hydrogens is 302 g/mol. The van der Waals surface area contributed by atoms with E-state index in [-0.39, 0.29) is 11.8 Å². The maximum absolute atomic E-state index is 13.1. The van der Waals surface area contributed by atoms with Gasteiger partial charge in [0.1, 0.15) is 0 Å². The third-order valence-electron chi connectivity index (χ3n) is 4.74. The topological polar surface area (TPSA) is 63.9 Å². The Labute approximate surface area is 142 Å². The first-order chi connectivity index (χ1) is 11.6. The lowest BCUT2D eigenvalue weighted by atomic mass is 9.94. The number of piperidine rings is 1. The van der Waals surface area contributed by atoms with Gasteiger partial charge in [-0.2, -0.15) is 5.10 Å². The van der Waals surface area contributed by atoms with Gasteiger partial charge in [0, 0.05) is 49.8 Å². The lowest BCUT2D eigenvalue weighted by molar-refractivity contribution is 0.0704. The van der Waals surface area contributed by atoms with Gasteiger partial charge in [-0.25, -0.2) is 0 Å². The highest BCUT2D eigenvalue weighted by molar-refractivity contribution is 5.96. The van der Waals surface area contributed by atoms with Crippen LogP contribution in [0.3, 0.4) is 0 Å². The molecule has 0 N–H and O–H groups in total. The molecule has 0 aromatic carbocycles. The third-order valence-corrected chi connectivity index (χ3v) is 4.74. The number of carbonyl (C=O) groups is 1. The van der Waals surface area contributed by atoms with E-state index in [1.165, 1.54) is 0 Å². The Kier molecular flexibility index (Phi) is 4.92. The van der Waals surface area contributed by atoms with E-state index >= 15 is 0 Å². The van der Waals surface area contributed by atoms with Gasteiger partial charge in [0.25, 0.3) is 5.91 Å². The molecule has 1 unspecified atom stereocenters. The fourth-order valence-corrected chi connectivity index (χ4v) is 3.52. The molecule has 0 saturated carbocycles. The number of amides is 1. The molecule has 1 fully saturated rings. The Morgan fingerprint density at radius 1 is 1.33 bits per heavy atom. The van der Waals surface area contributed by atoms with E-state index in [0.29, 0.717) is 6.54 Å². The second kappa shape index (κ2) is 7.11. The molecule has 6 nitrogen and oxygen atoms in total. The van der Waals surface area contributed by atoms with Crippen LogP contribution in [0.2, 0.25) is 0 Å². The number of hydrogen-bond acceptors (Lipinski definition) is 4. The number of carbonyl (C=O) groups excluding carboxylic acids is 1. The summed E-state index contributed by atoms with van der Waals surface area (Å²) in [4.78, 5) is 23.6. The molecule has 1 saturated heterocycles.